The Bertz CT molecular complexity index is 1130. The summed E-state index contributed by atoms with van der Waals surface area (Å²) in [6, 6.07) is 3.89. The quantitative estimate of drug-likeness (QED) is 0.755. The van der Waals surface area contributed by atoms with Crippen molar-refractivity contribution in [3.63, 3.8) is 0 Å². The first-order valence-corrected chi connectivity index (χ1v) is 7.12. The summed E-state index contributed by atoms with van der Waals surface area (Å²) in [4.78, 5) is 40.6. The second-order valence-corrected chi connectivity index (χ2v) is 5.34. The Morgan fingerprint density at radius 1 is 1.12 bits per heavy atom. The molecule has 0 saturated carbocycles. The number of carbonyl (C=O) groups excluding carboxylic acids is 1. The van der Waals surface area contributed by atoms with E-state index < -0.39 is 28.8 Å². The molecule has 1 amide bonds. The molecular formula is C16H12F2N4O3. The number of nitrogens with one attached hydrogen (secondary N) is 1. The van der Waals surface area contributed by atoms with Gasteiger partial charge in [0.05, 0.1) is 11.3 Å². The zero-order chi connectivity index (χ0) is 18.3. The van der Waals surface area contributed by atoms with Crippen LogP contribution in [0.3, 0.4) is 0 Å². The van der Waals surface area contributed by atoms with Crippen molar-refractivity contribution < 1.29 is 13.6 Å². The molecule has 9 heteroatoms. The van der Waals surface area contributed by atoms with E-state index in [1.807, 2.05) is 0 Å². The number of pyridine rings is 1. The maximum Gasteiger partial charge on any atom is 0.332 e. The third kappa shape index (κ3) is 2.69. The van der Waals surface area contributed by atoms with Crippen LogP contribution in [-0.2, 0) is 14.1 Å². The molecule has 0 aliphatic heterocycles. The fraction of sp³-hybridized carbons (Fsp3) is 0.125. The molecule has 0 saturated heterocycles. The maximum atomic E-state index is 13.8. The van der Waals surface area contributed by atoms with E-state index in [1.54, 1.807) is 0 Å². The highest BCUT2D eigenvalue weighted by atomic mass is 19.1. The van der Waals surface area contributed by atoms with Crippen LogP contribution in [0.25, 0.3) is 11.0 Å². The molecule has 0 bridgehead atoms. The summed E-state index contributed by atoms with van der Waals surface area (Å²) < 4.78 is 28.8. The van der Waals surface area contributed by atoms with Crippen LogP contribution in [0.2, 0.25) is 0 Å². The molecule has 2 heterocycles. The van der Waals surface area contributed by atoms with Crippen LogP contribution in [0.15, 0.2) is 40.1 Å². The molecule has 3 rings (SSSR count). The summed E-state index contributed by atoms with van der Waals surface area (Å²) in [7, 11) is 2.73. The molecule has 1 N–H and O–H groups in total. The predicted molar refractivity (Wildman–Crippen MR) is 86.5 cm³/mol. The summed E-state index contributed by atoms with van der Waals surface area (Å²) >= 11 is 0. The Hall–Kier alpha value is -3.36. The molecule has 128 valence electrons. The van der Waals surface area contributed by atoms with Crippen LogP contribution in [0.5, 0.6) is 0 Å². The van der Waals surface area contributed by atoms with E-state index in [-0.39, 0.29) is 22.3 Å². The van der Waals surface area contributed by atoms with Gasteiger partial charge in [0, 0.05) is 26.4 Å². The maximum absolute atomic E-state index is 13.8. The molecule has 3 aromatic rings. The third-order valence-corrected chi connectivity index (χ3v) is 3.76. The lowest BCUT2D eigenvalue weighted by Crippen LogP contribution is -2.37. The van der Waals surface area contributed by atoms with Crippen LogP contribution in [0, 0.1) is 11.6 Å². The van der Waals surface area contributed by atoms with Gasteiger partial charge in [-0.1, -0.05) is 0 Å². The van der Waals surface area contributed by atoms with E-state index in [1.165, 1.54) is 26.4 Å². The van der Waals surface area contributed by atoms with E-state index in [9.17, 15) is 23.2 Å². The lowest BCUT2D eigenvalue weighted by atomic mass is 10.2. The number of nitrogens with zero attached hydrogens (tertiary/aromatic N) is 3. The molecule has 25 heavy (non-hydrogen) atoms. The molecule has 0 radical (unpaired) electrons. The molecular weight excluding hydrogens is 334 g/mol. The van der Waals surface area contributed by atoms with Crippen LogP contribution >= 0.6 is 0 Å². The van der Waals surface area contributed by atoms with Gasteiger partial charge in [0.2, 0.25) is 0 Å². The van der Waals surface area contributed by atoms with Crippen LogP contribution in [0.4, 0.5) is 14.5 Å². The fourth-order valence-corrected chi connectivity index (χ4v) is 2.45. The van der Waals surface area contributed by atoms with Crippen LogP contribution in [0.1, 0.15) is 10.4 Å². The molecule has 0 fully saturated rings. The summed E-state index contributed by atoms with van der Waals surface area (Å²) in [6.45, 7) is 0. The van der Waals surface area contributed by atoms with Crippen molar-refractivity contribution in [3.05, 3.63) is 68.5 Å². The summed E-state index contributed by atoms with van der Waals surface area (Å²) in [5.74, 6) is -2.70. The normalized spacial score (nSPS) is 10.9. The number of aromatic nitrogens is 3. The summed E-state index contributed by atoms with van der Waals surface area (Å²) in [6.07, 6.45) is 1.30. The van der Waals surface area contributed by atoms with Crippen molar-refractivity contribution in [1.29, 1.82) is 0 Å². The number of carbonyl (C=O) groups is 1. The minimum Gasteiger partial charge on any atom is -0.321 e. The van der Waals surface area contributed by atoms with E-state index in [0.29, 0.717) is 6.07 Å². The van der Waals surface area contributed by atoms with Crippen molar-refractivity contribution in [1.82, 2.24) is 14.1 Å². The smallest absolute Gasteiger partial charge is 0.321 e. The Kier molecular flexibility index (Phi) is 3.91. The first kappa shape index (κ1) is 16.5. The molecule has 0 spiro atoms. The number of aryl methyl sites for hydroxylation is 1. The average Bonchev–Trinajstić information content (AvgIpc) is 2.57. The number of amides is 1. The Labute approximate surface area is 139 Å². The topological polar surface area (TPSA) is 86.0 Å². The van der Waals surface area contributed by atoms with Gasteiger partial charge >= 0.3 is 5.69 Å². The zero-order valence-corrected chi connectivity index (χ0v) is 13.2. The van der Waals surface area contributed by atoms with Crippen LogP contribution in [-0.4, -0.2) is 20.0 Å². The highest BCUT2D eigenvalue weighted by Crippen LogP contribution is 2.18. The van der Waals surface area contributed by atoms with Gasteiger partial charge in [-0.2, -0.15) is 0 Å². The first-order chi connectivity index (χ1) is 11.8. The monoisotopic (exact) mass is 346 g/mol. The fourth-order valence-electron chi connectivity index (χ4n) is 2.45. The molecule has 0 aliphatic carbocycles. The van der Waals surface area contributed by atoms with Gasteiger partial charge in [0.1, 0.15) is 17.0 Å². The zero-order valence-electron chi connectivity index (χ0n) is 13.2. The minimum atomic E-state index is -1.03. The number of hydrogen-bond acceptors (Lipinski definition) is 4. The predicted octanol–water partition coefficient (Wildman–Crippen LogP) is 1.16. The number of hydrogen-bond donors (Lipinski definition) is 1. The number of rotatable bonds is 2. The van der Waals surface area contributed by atoms with Crippen molar-refractivity contribution in [3.8, 4) is 0 Å². The van der Waals surface area contributed by atoms with Gasteiger partial charge in [-0.15, -0.1) is 0 Å². The second-order valence-electron chi connectivity index (χ2n) is 5.34. The van der Waals surface area contributed by atoms with Crippen molar-refractivity contribution in [2.75, 3.05) is 5.32 Å². The Morgan fingerprint density at radius 3 is 2.52 bits per heavy atom. The van der Waals surface area contributed by atoms with Gasteiger partial charge in [0.15, 0.2) is 5.65 Å². The third-order valence-electron chi connectivity index (χ3n) is 3.76. The molecule has 0 unspecified atom stereocenters. The van der Waals surface area contributed by atoms with E-state index in [2.05, 4.69) is 10.3 Å². The lowest BCUT2D eigenvalue weighted by Gasteiger charge is -2.11. The minimum absolute atomic E-state index is 0.00275. The average molecular weight is 346 g/mol. The Balaban J connectivity index is 2.15. The largest absolute Gasteiger partial charge is 0.332 e. The van der Waals surface area contributed by atoms with Crippen molar-refractivity contribution >= 4 is 22.6 Å². The van der Waals surface area contributed by atoms with Crippen molar-refractivity contribution in [2.24, 2.45) is 14.1 Å². The van der Waals surface area contributed by atoms with Gasteiger partial charge in [0.25, 0.3) is 11.5 Å². The standard InChI is InChI=1S/C16H12F2N4O3/c1-21-13-12(15(24)22(2)16(21)25)11(5-6-19-13)20-14(23)9-4-3-8(17)7-10(9)18/h3-7H,1-2H3,(H,19,20,23). The molecule has 0 aliphatic rings. The SMILES string of the molecule is Cn1c(=O)c2c(NC(=O)c3ccc(F)cc3F)ccnc2n(C)c1=O. The first-order valence-electron chi connectivity index (χ1n) is 7.12. The number of benzene rings is 1. The summed E-state index contributed by atoms with van der Waals surface area (Å²) in [5.41, 5.74) is -1.47. The molecule has 2 aromatic heterocycles. The van der Waals surface area contributed by atoms with E-state index in [4.69, 9.17) is 0 Å². The number of halogens is 2. The van der Waals surface area contributed by atoms with Gasteiger partial charge < -0.3 is 5.32 Å². The molecule has 7 nitrogen and oxygen atoms in total. The van der Waals surface area contributed by atoms with Crippen LogP contribution < -0.4 is 16.6 Å². The molecule has 1 aromatic carbocycles. The highest BCUT2D eigenvalue weighted by Gasteiger charge is 2.17. The van der Waals surface area contributed by atoms with E-state index in [0.717, 1.165) is 21.3 Å². The van der Waals surface area contributed by atoms with Crippen molar-refractivity contribution in [2.45, 2.75) is 0 Å². The Morgan fingerprint density at radius 2 is 1.84 bits per heavy atom. The van der Waals surface area contributed by atoms with E-state index >= 15 is 0 Å². The second kappa shape index (κ2) is 5.93. The van der Waals surface area contributed by atoms with Gasteiger partial charge in [-0.05, 0) is 18.2 Å². The highest BCUT2D eigenvalue weighted by molar-refractivity contribution is 6.08. The van der Waals surface area contributed by atoms with Gasteiger partial charge in [-0.25, -0.2) is 18.6 Å². The lowest BCUT2D eigenvalue weighted by molar-refractivity contribution is 0.102. The summed E-state index contributed by atoms with van der Waals surface area (Å²) in [5, 5.41) is 2.41. The molecule has 0 atom stereocenters. The van der Waals surface area contributed by atoms with Gasteiger partial charge in [-0.3, -0.25) is 18.7 Å². The number of fused-ring (bicyclic) bond motifs is 1. The number of anilines is 1.